The second-order valence-electron chi connectivity index (χ2n) is 2.19. The third-order valence-corrected chi connectivity index (χ3v) is 1.90. The van der Waals surface area contributed by atoms with Gasteiger partial charge in [0.25, 0.3) is 0 Å². The molecule has 0 fully saturated rings. The van der Waals surface area contributed by atoms with Crippen LogP contribution < -0.4 is 5.32 Å². The molecule has 4 nitrogen and oxygen atoms in total. The highest BCUT2D eigenvalue weighted by Crippen LogP contribution is 2.18. The standard InChI is InChI=1S/C8H9BrN2O2/c1-2-13-8(12)11-6-4-3-5-10-7(6)9/h3-5H,2H2,1H3,(H,11,12). The molecule has 1 amide bonds. The molecule has 1 rings (SSSR count). The van der Waals surface area contributed by atoms with Crippen LogP contribution in [-0.2, 0) is 4.74 Å². The van der Waals surface area contributed by atoms with Gasteiger partial charge in [-0.15, -0.1) is 0 Å². The Balaban J connectivity index is 2.63. The molecule has 0 unspecified atom stereocenters. The highest BCUT2D eigenvalue weighted by atomic mass is 79.9. The van der Waals surface area contributed by atoms with Crippen LogP contribution in [0.2, 0.25) is 0 Å². The van der Waals surface area contributed by atoms with E-state index in [-0.39, 0.29) is 0 Å². The normalized spacial score (nSPS) is 9.38. The summed E-state index contributed by atoms with van der Waals surface area (Å²) in [6.45, 7) is 2.10. The van der Waals surface area contributed by atoms with E-state index in [0.29, 0.717) is 16.9 Å². The van der Waals surface area contributed by atoms with Crippen LogP contribution in [0.15, 0.2) is 22.9 Å². The van der Waals surface area contributed by atoms with Crippen LogP contribution >= 0.6 is 15.9 Å². The highest BCUT2D eigenvalue weighted by Gasteiger charge is 2.04. The van der Waals surface area contributed by atoms with Crippen molar-refractivity contribution in [2.24, 2.45) is 0 Å². The maximum atomic E-state index is 11.0. The van der Waals surface area contributed by atoms with Gasteiger partial charge in [0, 0.05) is 6.20 Å². The van der Waals surface area contributed by atoms with Crippen LogP contribution in [0.1, 0.15) is 6.92 Å². The first kappa shape index (κ1) is 9.98. The van der Waals surface area contributed by atoms with Crippen molar-refractivity contribution in [3.63, 3.8) is 0 Å². The third kappa shape index (κ3) is 3.02. The molecule has 0 aliphatic heterocycles. The molecule has 1 aromatic rings. The Morgan fingerprint density at radius 2 is 2.54 bits per heavy atom. The highest BCUT2D eigenvalue weighted by molar-refractivity contribution is 9.10. The molecular weight excluding hydrogens is 236 g/mol. The van der Waals surface area contributed by atoms with Crippen molar-refractivity contribution in [2.45, 2.75) is 6.92 Å². The molecule has 1 heterocycles. The van der Waals surface area contributed by atoms with E-state index in [9.17, 15) is 4.79 Å². The molecule has 0 aliphatic carbocycles. The van der Waals surface area contributed by atoms with E-state index in [1.807, 2.05) is 0 Å². The Hall–Kier alpha value is -1.10. The molecule has 0 saturated heterocycles. The van der Waals surface area contributed by atoms with Gasteiger partial charge in [-0.05, 0) is 35.0 Å². The fourth-order valence-corrected chi connectivity index (χ4v) is 1.11. The number of rotatable bonds is 2. The van der Waals surface area contributed by atoms with Gasteiger partial charge in [0.05, 0.1) is 12.3 Å². The van der Waals surface area contributed by atoms with Crippen LogP contribution in [-0.4, -0.2) is 17.7 Å². The molecule has 0 bridgehead atoms. The molecule has 0 aromatic carbocycles. The van der Waals surface area contributed by atoms with Gasteiger partial charge >= 0.3 is 6.09 Å². The van der Waals surface area contributed by atoms with Gasteiger partial charge in [0.2, 0.25) is 0 Å². The first-order valence-corrected chi connectivity index (χ1v) is 4.57. The quantitative estimate of drug-likeness (QED) is 0.814. The zero-order valence-corrected chi connectivity index (χ0v) is 8.67. The topological polar surface area (TPSA) is 51.2 Å². The lowest BCUT2D eigenvalue weighted by Crippen LogP contribution is -2.13. The Kier molecular flexibility index (Phi) is 3.70. The lowest BCUT2D eigenvalue weighted by molar-refractivity contribution is 0.168. The summed E-state index contributed by atoms with van der Waals surface area (Å²) in [6, 6.07) is 3.46. The Morgan fingerprint density at radius 1 is 1.77 bits per heavy atom. The van der Waals surface area contributed by atoms with E-state index in [4.69, 9.17) is 4.74 Å². The number of nitrogens with one attached hydrogen (secondary N) is 1. The number of carbonyl (C=O) groups is 1. The fraction of sp³-hybridized carbons (Fsp3) is 0.250. The minimum Gasteiger partial charge on any atom is -0.450 e. The van der Waals surface area contributed by atoms with Crippen molar-refractivity contribution in [2.75, 3.05) is 11.9 Å². The average Bonchev–Trinajstić information content (AvgIpc) is 2.09. The number of pyridine rings is 1. The van der Waals surface area contributed by atoms with Gasteiger partial charge in [-0.1, -0.05) is 0 Å². The molecule has 1 N–H and O–H groups in total. The van der Waals surface area contributed by atoms with Gasteiger partial charge in [-0.25, -0.2) is 9.78 Å². The average molecular weight is 245 g/mol. The summed E-state index contributed by atoms with van der Waals surface area (Å²) in [4.78, 5) is 14.9. The van der Waals surface area contributed by atoms with Crippen LogP contribution in [0, 0.1) is 0 Å². The van der Waals surface area contributed by atoms with Crippen LogP contribution in [0.3, 0.4) is 0 Å². The molecule has 0 radical (unpaired) electrons. The number of carbonyl (C=O) groups excluding carboxylic acids is 1. The van der Waals surface area contributed by atoms with E-state index in [2.05, 4.69) is 26.2 Å². The Labute approximate surface area is 84.4 Å². The number of aromatic nitrogens is 1. The maximum Gasteiger partial charge on any atom is 0.411 e. The van der Waals surface area contributed by atoms with Crippen molar-refractivity contribution in [3.8, 4) is 0 Å². The summed E-state index contributed by atoms with van der Waals surface area (Å²) in [5, 5.41) is 2.54. The smallest absolute Gasteiger partial charge is 0.411 e. The second kappa shape index (κ2) is 4.81. The molecular formula is C8H9BrN2O2. The van der Waals surface area contributed by atoms with Crippen LogP contribution in [0.4, 0.5) is 10.5 Å². The maximum absolute atomic E-state index is 11.0. The molecule has 0 aliphatic rings. The number of ether oxygens (including phenoxy) is 1. The lowest BCUT2D eigenvalue weighted by atomic mass is 10.4. The monoisotopic (exact) mass is 244 g/mol. The first-order chi connectivity index (χ1) is 6.24. The van der Waals surface area contributed by atoms with E-state index >= 15 is 0 Å². The SMILES string of the molecule is CCOC(=O)Nc1cccnc1Br. The van der Waals surface area contributed by atoms with Crippen LogP contribution in [0.25, 0.3) is 0 Å². The molecule has 1 aromatic heterocycles. The minimum absolute atomic E-state index is 0.351. The number of anilines is 1. The Bertz CT molecular complexity index is 304. The molecule has 5 heteroatoms. The summed E-state index contributed by atoms with van der Waals surface area (Å²) in [7, 11) is 0. The predicted molar refractivity (Wildman–Crippen MR) is 52.6 cm³/mol. The van der Waals surface area contributed by atoms with Crippen molar-refractivity contribution in [3.05, 3.63) is 22.9 Å². The number of nitrogens with zero attached hydrogens (tertiary/aromatic N) is 1. The summed E-state index contributed by atoms with van der Waals surface area (Å²) in [5.74, 6) is 0. The van der Waals surface area contributed by atoms with Gasteiger partial charge in [0.15, 0.2) is 0 Å². The number of amides is 1. The van der Waals surface area contributed by atoms with Crippen molar-refractivity contribution in [1.29, 1.82) is 0 Å². The van der Waals surface area contributed by atoms with E-state index in [1.165, 1.54) is 0 Å². The summed E-state index contributed by atoms with van der Waals surface area (Å²) in [6.07, 6.45) is 1.15. The Morgan fingerprint density at radius 3 is 3.15 bits per heavy atom. The van der Waals surface area contributed by atoms with Crippen molar-refractivity contribution < 1.29 is 9.53 Å². The summed E-state index contributed by atoms with van der Waals surface area (Å²) < 4.78 is 5.29. The number of halogens is 1. The summed E-state index contributed by atoms with van der Waals surface area (Å²) in [5.41, 5.74) is 0.598. The second-order valence-corrected chi connectivity index (χ2v) is 2.94. The fourth-order valence-electron chi connectivity index (χ4n) is 0.756. The zero-order chi connectivity index (χ0) is 9.68. The zero-order valence-electron chi connectivity index (χ0n) is 7.08. The minimum atomic E-state index is -0.476. The molecule has 70 valence electrons. The number of hydrogen-bond acceptors (Lipinski definition) is 3. The lowest BCUT2D eigenvalue weighted by Gasteiger charge is -2.05. The van der Waals surface area contributed by atoms with Gasteiger partial charge < -0.3 is 4.74 Å². The molecule has 0 atom stereocenters. The molecule has 0 saturated carbocycles. The predicted octanol–water partition coefficient (Wildman–Crippen LogP) is 2.41. The summed E-state index contributed by atoms with van der Waals surface area (Å²) >= 11 is 3.19. The third-order valence-electron chi connectivity index (χ3n) is 1.27. The van der Waals surface area contributed by atoms with Crippen molar-refractivity contribution >= 4 is 27.7 Å². The van der Waals surface area contributed by atoms with Gasteiger partial charge in [-0.2, -0.15) is 0 Å². The van der Waals surface area contributed by atoms with Crippen LogP contribution in [0.5, 0.6) is 0 Å². The number of hydrogen-bond donors (Lipinski definition) is 1. The molecule has 0 spiro atoms. The molecule has 13 heavy (non-hydrogen) atoms. The largest absolute Gasteiger partial charge is 0.450 e. The van der Waals surface area contributed by atoms with Gasteiger partial charge in [-0.3, -0.25) is 5.32 Å². The van der Waals surface area contributed by atoms with Crippen molar-refractivity contribution in [1.82, 2.24) is 4.98 Å². The van der Waals surface area contributed by atoms with Gasteiger partial charge in [0.1, 0.15) is 4.60 Å². The first-order valence-electron chi connectivity index (χ1n) is 3.78. The van der Waals surface area contributed by atoms with E-state index in [0.717, 1.165) is 0 Å². The van der Waals surface area contributed by atoms with E-state index < -0.39 is 6.09 Å². The van der Waals surface area contributed by atoms with E-state index in [1.54, 1.807) is 25.3 Å².